The first-order chi connectivity index (χ1) is 22.8. The molecule has 1 saturated carbocycles. The van der Waals surface area contributed by atoms with E-state index in [2.05, 4.69) is 10.2 Å². The normalized spacial score (nSPS) is 29.7. The van der Waals surface area contributed by atoms with Crippen LogP contribution in [0.1, 0.15) is 29.9 Å². The van der Waals surface area contributed by atoms with Crippen molar-refractivity contribution in [2.24, 2.45) is 28.0 Å². The van der Waals surface area contributed by atoms with Gasteiger partial charge >= 0.3 is 0 Å². The Bertz CT molecular complexity index is 1940. The van der Waals surface area contributed by atoms with Crippen molar-refractivity contribution >= 4 is 69.6 Å². The number of aryl methyl sites for hydroxylation is 1. The van der Waals surface area contributed by atoms with Crippen LogP contribution in [0.15, 0.2) is 88.6 Å². The number of amides is 4. The fraction of sp³-hybridized carbons (Fsp3) is 0.333. The Balaban J connectivity index is 1.21. The number of phenols is 1. The molecule has 1 N–H and O–H groups in total. The first-order valence-corrected chi connectivity index (χ1v) is 16.4. The molecule has 0 bridgehead atoms. The van der Waals surface area contributed by atoms with E-state index in [9.17, 15) is 24.3 Å². The lowest BCUT2D eigenvalue weighted by Crippen LogP contribution is -2.60. The molecule has 0 unspecified atom stereocenters. The van der Waals surface area contributed by atoms with Gasteiger partial charge < -0.3 is 10.0 Å². The standard InChI is InChI=1S/C36H33Cl2N5O5/c1-19-17-20(5-16-28(19)44)30-25-14-15-26-29(27(25)18-35(37)33(47)42(4)34(48)36(30,35)38)32(46)43(31(26)45)24-12-8-22(9-13-24)40-39-21-6-10-23(11-7-21)41(2)3/h5-14,16-17,26-27,29-30,44H,15,18H2,1-4H3/t26-,27+,29-,30-,35+,36-/m0/s1. The first-order valence-electron chi connectivity index (χ1n) is 15.6. The van der Waals surface area contributed by atoms with E-state index >= 15 is 0 Å². The van der Waals surface area contributed by atoms with Gasteiger partial charge in [0.05, 0.1) is 28.9 Å². The maximum absolute atomic E-state index is 14.3. The van der Waals surface area contributed by atoms with E-state index in [1.165, 1.54) is 18.0 Å². The SMILES string of the molecule is Cc1cc([C@H]2C3=CC[C@@H]4C(=O)N(c5ccc(N=Nc6ccc(N(C)C)cc6)cc5)C(=O)[C@@H]4[C@@H]3C[C@@]3(Cl)C(=O)N(C)C(=O)[C@@]23Cl)ccc1O. The summed E-state index contributed by atoms with van der Waals surface area (Å²) in [5, 5.41) is 18.9. The van der Waals surface area contributed by atoms with Gasteiger partial charge in [0.25, 0.3) is 11.8 Å². The number of hydrogen-bond acceptors (Lipinski definition) is 8. The van der Waals surface area contributed by atoms with E-state index in [1.54, 1.807) is 43.3 Å². The highest BCUT2D eigenvalue weighted by Gasteiger charge is 2.75. The molecule has 7 rings (SSSR count). The van der Waals surface area contributed by atoms with E-state index in [-0.39, 0.29) is 24.5 Å². The molecule has 2 aliphatic carbocycles. The minimum Gasteiger partial charge on any atom is -0.508 e. The summed E-state index contributed by atoms with van der Waals surface area (Å²) in [7, 11) is 5.27. The summed E-state index contributed by atoms with van der Waals surface area (Å²) in [6, 6.07) is 19.2. The Morgan fingerprint density at radius 2 is 1.48 bits per heavy atom. The van der Waals surface area contributed by atoms with Gasteiger partial charge in [-0.15, -0.1) is 23.2 Å². The van der Waals surface area contributed by atoms with Gasteiger partial charge in [-0.2, -0.15) is 10.2 Å². The Kier molecular flexibility index (Phi) is 7.52. The third-order valence-corrected chi connectivity index (χ3v) is 11.7. The molecule has 2 saturated heterocycles. The molecule has 48 heavy (non-hydrogen) atoms. The largest absolute Gasteiger partial charge is 0.508 e. The fourth-order valence-electron chi connectivity index (χ4n) is 7.83. The topological polar surface area (TPSA) is 123 Å². The number of hydrogen-bond donors (Lipinski definition) is 1. The summed E-state index contributed by atoms with van der Waals surface area (Å²) >= 11 is 14.4. The Morgan fingerprint density at radius 3 is 2.08 bits per heavy atom. The highest BCUT2D eigenvalue weighted by Crippen LogP contribution is 2.65. The van der Waals surface area contributed by atoms with Crippen LogP contribution < -0.4 is 9.80 Å². The minimum absolute atomic E-state index is 0.0638. The number of allylic oxidation sites excluding steroid dienone is 2. The van der Waals surface area contributed by atoms with Crippen LogP contribution in [0.3, 0.4) is 0 Å². The number of carbonyl (C=O) groups is 4. The number of aromatic hydroxyl groups is 1. The van der Waals surface area contributed by atoms with Crippen molar-refractivity contribution in [2.45, 2.75) is 35.4 Å². The number of benzene rings is 3. The third-order valence-electron chi connectivity index (χ3n) is 10.3. The van der Waals surface area contributed by atoms with Crippen molar-refractivity contribution < 1.29 is 24.3 Å². The number of halogens is 2. The summed E-state index contributed by atoms with van der Waals surface area (Å²) in [6.45, 7) is 1.72. The maximum atomic E-state index is 14.3. The summed E-state index contributed by atoms with van der Waals surface area (Å²) < 4.78 is 0. The molecule has 3 aromatic carbocycles. The molecular weight excluding hydrogens is 653 g/mol. The maximum Gasteiger partial charge on any atom is 0.253 e. The second-order valence-corrected chi connectivity index (χ2v) is 14.4. The third kappa shape index (κ3) is 4.53. The molecule has 2 aliphatic heterocycles. The highest BCUT2D eigenvalue weighted by atomic mass is 35.5. The van der Waals surface area contributed by atoms with Gasteiger partial charge in [0.2, 0.25) is 11.8 Å². The number of imide groups is 2. The molecule has 0 aromatic heterocycles. The molecule has 0 radical (unpaired) electrons. The molecule has 10 nitrogen and oxygen atoms in total. The van der Waals surface area contributed by atoms with Crippen LogP contribution in [0.5, 0.6) is 5.75 Å². The van der Waals surface area contributed by atoms with Crippen molar-refractivity contribution in [3.63, 3.8) is 0 Å². The molecule has 4 aliphatic rings. The van der Waals surface area contributed by atoms with Crippen LogP contribution in [-0.4, -0.2) is 64.5 Å². The molecular formula is C36H33Cl2N5O5. The number of carbonyl (C=O) groups excluding carboxylic acids is 4. The Labute approximate surface area is 287 Å². The monoisotopic (exact) mass is 685 g/mol. The number of nitrogens with zero attached hydrogens (tertiary/aromatic N) is 5. The van der Waals surface area contributed by atoms with Crippen molar-refractivity contribution in [1.29, 1.82) is 0 Å². The van der Waals surface area contributed by atoms with E-state index in [0.717, 1.165) is 10.6 Å². The molecule has 4 amide bonds. The molecule has 6 atom stereocenters. The molecule has 3 fully saturated rings. The number of fused-ring (bicyclic) bond motifs is 4. The van der Waals surface area contributed by atoms with Crippen LogP contribution in [-0.2, 0) is 19.2 Å². The second kappa shape index (κ2) is 11.3. The molecule has 0 spiro atoms. The van der Waals surface area contributed by atoms with E-state index in [4.69, 9.17) is 23.2 Å². The van der Waals surface area contributed by atoms with Gasteiger partial charge in [-0.3, -0.25) is 29.0 Å². The average molecular weight is 687 g/mol. The number of azo groups is 1. The van der Waals surface area contributed by atoms with Gasteiger partial charge in [0.15, 0.2) is 9.75 Å². The van der Waals surface area contributed by atoms with Crippen molar-refractivity contribution in [3.05, 3.63) is 89.5 Å². The Morgan fingerprint density at radius 1 is 0.854 bits per heavy atom. The molecule has 12 heteroatoms. The predicted octanol–water partition coefficient (Wildman–Crippen LogP) is 6.38. The van der Waals surface area contributed by atoms with E-state index in [0.29, 0.717) is 33.8 Å². The summed E-state index contributed by atoms with van der Waals surface area (Å²) in [6.07, 6.45) is 2.05. The molecule has 2 heterocycles. The first kappa shape index (κ1) is 32.0. The molecule has 3 aromatic rings. The number of likely N-dealkylation sites (tertiary alicyclic amines) is 1. The zero-order valence-electron chi connectivity index (χ0n) is 26.7. The zero-order valence-corrected chi connectivity index (χ0v) is 28.2. The van der Waals surface area contributed by atoms with Crippen molar-refractivity contribution in [1.82, 2.24) is 4.90 Å². The van der Waals surface area contributed by atoms with E-state index in [1.807, 2.05) is 49.3 Å². The lowest BCUT2D eigenvalue weighted by Gasteiger charge is -2.50. The van der Waals surface area contributed by atoms with Crippen LogP contribution >= 0.6 is 23.2 Å². The quantitative estimate of drug-likeness (QED) is 0.144. The Hall–Kier alpha value is -4.54. The van der Waals surface area contributed by atoms with Crippen molar-refractivity contribution in [2.75, 3.05) is 30.9 Å². The second-order valence-electron chi connectivity index (χ2n) is 13.2. The van der Waals surface area contributed by atoms with E-state index < -0.39 is 51.1 Å². The number of alkyl halides is 2. The van der Waals surface area contributed by atoms with Gasteiger partial charge in [-0.1, -0.05) is 23.8 Å². The lowest BCUT2D eigenvalue weighted by atomic mass is 9.56. The number of rotatable bonds is 5. The van der Waals surface area contributed by atoms with Crippen LogP contribution in [0.2, 0.25) is 0 Å². The number of phenolic OH excluding ortho intramolecular Hbond substituents is 1. The minimum atomic E-state index is -1.87. The summed E-state index contributed by atoms with van der Waals surface area (Å²) in [5.41, 5.74) is 4.51. The predicted molar refractivity (Wildman–Crippen MR) is 182 cm³/mol. The summed E-state index contributed by atoms with van der Waals surface area (Å²) in [5.74, 6) is -4.94. The van der Waals surface area contributed by atoms with Gasteiger partial charge in [-0.25, -0.2) is 0 Å². The zero-order chi connectivity index (χ0) is 34.3. The van der Waals surface area contributed by atoms with Gasteiger partial charge in [0, 0.05) is 32.7 Å². The van der Waals surface area contributed by atoms with Gasteiger partial charge in [-0.05, 0) is 91.4 Å². The summed E-state index contributed by atoms with van der Waals surface area (Å²) in [4.78, 5) is 55.9. The van der Waals surface area contributed by atoms with Crippen LogP contribution in [0.4, 0.5) is 22.7 Å². The fourth-order valence-corrected chi connectivity index (χ4v) is 8.85. The molecule has 246 valence electrons. The van der Waals surface area contributed by atoms with Crippen molar-refractivity contribution in [3.8, 4) is 5.75 Å². The highest BCUT2D eigenvalue weighted by molar-refractivity contribution is 6.53. The van der Waals surface area contributed by atoms with Crippen LogP contribution in [0.25, 0.3) is 0 Å². The van der Waals surface area contributed by atoms with Gasteiger partial charge in [0.1, 0.15) is 5.75 Å². The lowest BCUT2D eigenvalue weighted by molar-refractivity contribution is -0.138. The average Bonchev–Trinajstić information content (AvgIpc) is 3.40. The smallest absolute Gasteiger partial charge is 0.253 e. The number of anilines is 2. The van der Waals surface area contributed by atoms with Crippen LogP contribution in [0, 0.1) is 24.7 Å².